The average Bonchev–Trinajstić information content (AvgIpc) is 2.58. The molecule has 0 unspecified atom stereocenters. The number of aromatic hydroxyl groups is 1. The molecule has 0 aliphatic carbocycles. The number of aryl methyl sites for hydroxylation is 2. The number of rotatable bonds is 1. The van der Waals surface area contributed by atoms with Gasteiger partial charge in [-0.2, -0.15) is 0 Å². The minimum Gasteiger partial charge on any atom is -0.505 e. The molecule has 1 aromatic heterocycles. The molecule has 1 aromatic carbocycles. The quantitative estimate of drug-likeness (QED) is 0.776. The van der Waals surface area contributed by atoms with Crippen molar-refractivity contribution in [1.82, 2.24) is 0 Å². The highest BCUT2D eigenvalue weighted by atomic mass is 32.1. The zero-order valence-electron chi connectivity index (χ0n) is 8.54. The lowest BCUT2D eigenvalue weighted by molar-refractivity contribution is 0.432. The molecule has 0 radical (unpaired) electrons. The van der Waals surface area contributed by atoms with Crippen LogP contribution in [-0.4, -0.2) is 5.11 Å². The lowest BCUT2D eigenvalue weighted by atomic mass is 10.1. The third-order valence-corrected chi connectivity index (χ3v) is 3.33. The highest BCUT2D eigenvalue weighted by molar-refractivity contribution is 7.15. The second-order valence-corrected chi connectivity index (χ2v) is 4.82. The molecule has 15 heavy (non-hydrogen) atoms. The monoisotopic (exact) mass is 222 g/mol. The highest BCUT2D eigenvalue weighted by Gasteiger charge is 2.09. The molecule has 2 rings (SSSR count). The number of phenols is 1. The molecule has 0 saturated heterocycles. The highest BCUT2D eigenvalue weighted by Crippen LogP contribution is 2.33. The van der Waals surface area contributed by atoms with E-state index in [9.17, 15) is 9.50 Å². The minimum absolute atomic E-state index is 0.287. The van der Waals surface area contributed by atoms with Gasteiger partial charge < -0.3 is 5.11 Å². The van der Waals surface area contributed by atoms with E-state index in [-0.39, 0.29) is 5.75 Å². The van der Waals surface area contributed by atoms with Crippen LogP contribution in [0.25, 0.3) is 10.4 Å². The van der Waals surface area contributed by atoms with E-state index in [0.29, 0.717) is 0 Å². The Morgan fingerprint density at radius 1 is 1.20 bits per heavy atom. The third-order valence-electron chi connectivity index (χ3n) is 2.30. The van der Waals surface area contributed by atoms with Gasteiger partial charge in [0.1, 0.15) is 0 Å². The third kappa shape index (κ3) is 1.88. The minimum atomic E-state index is -0.568. The Bertz CT molecular complexity index is 502. The topological polar surface area (TPSA) is 20.2 Å². The van der Waals surface area contributed by atoms with Crippen molar-refractivity contribution in [2.45, 2.75) is 13.8 Å². The summed E-state index contributed by atoms with van der Waals surface area (Å²) in [6.07, 6.45) is 0. The zero-order valence-corrected chi connectivity index (χ0v) is 9.36. The molecule has 0 amide bonds. The van der Waals surface area contributed by atoms with Crippen LogP contribution in [0.1, 0.15) is 10.4 Å². The van der Waals surface area contributed by atoms with Gasteiger partial charge in [0.2, 0.25) is 0 Å². The molecular formula is C12H11FOS. The standard InChI is InChI=1S/C12H11FOS/c1-7-5-11(14)10(13)6-9(7)12-4-3-8(2)15-12/h3-6,14H,1-2H3. The smallest absolute Gasteiger partial charge is 0.165 e. The van der Waals surface area contributed by atoms with Gasteiger partial charge in [-0.3, -0.25) is 0 Å². The summed E-state index contributed by atoms with van der Waals surface area (Å²) in [5, 5.41) is 9.21. The van der Waals surface area contributed by atoms with E-state index < -0.39 is 5.82 Å². The number of thiophene rings is 1. The maximum Gasteiger partial charge on any atom is 0.165 e. The van der Waals surface area contributed by atoms with Crippen LogP contribution >= 0.6 is 11.3 Å². The predicted molar refractivity (Wildman–Crippen MR) is 60.9 cm³/mol. The largest absolute Gasteiger partial charge is 0.505 e. The maximum absolute atomic E-state index is 13.2. The van der Waals surface area contributed by atoms with Crippen LogP contribution in [0.15, 0.2) is 24.3 Å². The average molecular weight is 222 g/mol. The van der Waals surface area contributed by atoms with Gasteiger partial charge >= 0.3 is 0 Å². The first-order chi connectivity index (χ1) is 7.08. The summed E-state index contributed by atoms with van der Waals surface area (Å²) in [7, 11) is 0. The van der Waals surface area contributed by atoms with Crippen molar-refractivity contribution in [2.75, 3.05) is 0 Å². The summed E-state index contributed by atoms with van der Waals surface area (Å²) in [6.45, 7) is 3.88. The Kier molecular flexibility index (Phi) is 2.49. The van der Waals surface area contributed by atoms with Crippen LogP contribution in [-0.2, 0) is 0 Å². The van der Waals surface area contributed by atoms with E-state index in [0.717, 1.165) is 16.0 Å². The summed E-state index contributed by atoms with van der Waals surface area (Å²) in [5.74, 6) is -0.855. The number of hydrogen-bond acceptors (Lipinski definition) is 2. The van der Waals surface area contributed by atoms with Gasteiger partial charge in [0.15, 0.2) is 11.6 Å². The Hall–Kier alpha value is -1.35. The van der Waals surface area contributed by atoms with E-state index in [4.69, 9.17) is 0 Å². The fourth-order valence-electron chi connectivity index (χ4n) is 1.51. The van der Waals surface area contributed by atoms with Gasteiger partial charge in [-0.1, -0.05) is 0 Å². The molecule has 3 heteroatoms. The molecule has 0 fully saturated rings. The normalized spacial score (nSPS) is 10.6. The lowest BCUT2D eigenvalue weighted by Crippen LogP contribution is -1.84. The molecule has 78 valence electrons. The fraction of sp³-hybridized carbons (Fsp3) is 0.167. The molecule has 2 aromatic rings. The first kappa shape index (κ1) is 10.2. The first-order valence-corrected chi connectivity index (χ1v) is 5.45. The number of phenolic OH excluding ortho intramolecular Hbond substituents is 1. The summed E-state index contributed by atoms with van der Waals surface area (Å²) >= 11 is 1.62. The van der Waals surface area contributed by atoms with Crippen molar-refractivity contribution in [3.63, 3.8) is 0 Å². The Morgan fingerprint density at radius 3 is 2.53 bits per heavy atom. The zero-order chi connectivity index (χ0) is 11.0. The molecule has 0 saturated carbocycles. The maximum atomic E-state index is 13.2. The van der Waals surface area contributed by atoms with Gasteiger partial charge in [-0.15, -0.1) is 11.3 Å². The van der Waals surface area contributed by atoms with E-state index in [1.54, 1.807) is 11.3 Å². The summed E-state index contributed by atoms with van der Waals surface area (Å²) in [4.78, 5) is 2.22. The molecule has 0 spiro atoms. The van der Waals surface area contributed by atoms with Crippen molar-refractivity contribution in [1.29, 1.82) is 0 Å². The fourth-order valence-corrected chi connectivity index (χ4v) is 2.46. The summed E-state index contributed by atoms with van der Waals surface area (Å²) < 4.78 is 13.2. The van der Waals surface area contributed by atoms with Crippen LogP contribution in [0.4, 0.5) is 4.39 Å². The Balaban J connectivity index is 2.58. The van der Waals surface area contributed by atoms with Crippen molar-refractivity contribution < 1.29 is 9.50 Å². The summed E-state index contributed by atoms with van der Waals surface area (Å²) in [6, 6.07) is 6.82. The van der Waals surface area contributed by atoms with Crippen molar-refractivity contribution in [3.05, 3.63) is 40.5 Å². The SMILES string of the molecule is Cc1ccc(-c2cc(F)c(O)cc2C)s1. The Morgan fingerprint density at radius 2 is 1.93 bits per heavy atom. The van der Waals surface area contributed by atoms with Crippen LogP contribution in [0.2, 0.25) is 0 Å². The van der Waals surface area contributed by atoms with Crippen LogP contribution in [0.5, 0.6) is 5.75 Å². The van der Waals surface area contributed by atoms with Crippen molar-refractivity contribution in [2.24, 2.45) is 0 Å². The van der Waals surface area contributed by atoms with E-state index in [1.807, 2.05) is 26.0 Å². The number of benzene rings is 1. The van der Waals surface area contributed by atoms with Crippen LogP contribution < -0.4 is 0 Å². The Labute approximate surface area is 91.8 Å². The second kappa shape index (κ2) is 3.66. The molecular weight excluding hydrogens is 211 g/mol. The van der Waals surface area contributed by atoms with E-state index >= 15 is 0 Å². The van der Waals surface area contributed by atoms with Crippen LogP contribution in [0.3, 0.4) is 0 Å². The molecule has 0 atom stereocenters. The van der Waals surface area contributed by atoms with E-state index in [1.165, 1.54) is 17.0 Å². The molecule has 1 nitrogen and oxygen atoms in total. The van der Waals surface area contributed by atoms with Gasteiger partial charge in [0.25, 0.3) is 0 Å². The first-order valence-electron chi connectivity index (χ1n) is 4.64. The summed E-state index contributed by atoms with van der Waals surface area (Å²) in [5.41, 5.74) is 1.74. The second-order valence-electron chi connectivity index (χ2n) is 3.53. The van der Waals surface area contributed by atoms with Gasteiger partial charge in [0.05, 0.1) is 0 Å². The molecule has 1 heterocycles. The van der Waals surface area contributed by atoms with Crippen molar-refractivity contribution >= 4 is 11.3 Å². The lowest BCUT2D eigenvalue weighted by Gasteiger charge is -2.04. The number of hydrogen-bond donors (Lipinski definition) is 1. The molecule has 0 bridgehead atoms. The van der Waals surface area contributed by atoms with Gasteiger partial charge in [-0.25, -0.2) is 4.39 Å². The van der Waals surface area contributed by atoms with E-state index in [2.05, 4.69) is 0 Å². The van der Waals surface area contributed by atoms with Gasteiger partial charge in [0, 0.05) is 9.75 Å². The number of halogens is 1. The molecule has 1 N–H and O–H groups in total. The molecule has 0 aliphatic heterocycles. The molecule has 0 aliphatic rings. The van der Waals surface area contributed by atoms with Crippen molar-refractivity contribution in [3.8, 4) is 16.2 Å². The predicted octanol–water partition coefficient (Wildman–Crippen LogP) is 3.88. The van der Waals surface area contributed by atoms with Crippen LogP contribution in [0, 0.1) is 19.7 Å². The van der Waals surface area contributed by atoms with Gasteiger partial charge in [-0.05, 0) is 49.2 Å².